The monoisotopic (exact) mass is 490 g/mol. The van der Waals surface area contributed by atoms with Crippen LogP contribution in [0.1, 0.15) is 23.2 Å². The van der Waals surface area contributed by atoms with Gasteiger partial charge in [0.05, 0.1) is 37.0 Å². The van der Waals surface area contributed by atoms with E-state index in [1.54, 1.807) is 12.1 Å². The minimum atomic E-state index is -3.66. The molecule has 33 heavy (non-hydrogen) atoms. The number of carbonyl (C=O) groups is 1. The summed E-state index contributed by atoms with van der Waals surface area (Å²) in [6.45, 7) is 4.13. The molecular weight excluding hydrogens is 464 g/mol. The Balaban J connectivity index is 2.15. The molecule has 0 saturated heterocycles. The maximum Gasteiger partial charge on any atom is 0.310 e. The topological polar surface area (TPSA) is 88.8 Å². The van der Waals surface area contributed by atoms with Gasteiger partial charge in [0.25, 0.3) is 0 Å². The van der Waals surface area contributed by atoms with E-state index in [0.29, 0.717) is 34.8 Å². The summed E-state index contributed by atoms with van der Waals surface area (Å²) in [5, 5.41) is 11.1. The molecule has 0 fully saturated rings. The van der Waals surface area contributed by atoms with Crippen molar-refractivity contribution in [1.82, 2.24) is 4.57 Å². The normalized spacial score (nSPS) is 15.8. The first-order valence-corrected chi connectivity index (χ1v) is 12.9. The molecule has 0 amide bonds. The van der Waals surface area contributed by atoms with Gasteiger partial charge in [-0.25, -0.2) is 8.42 Å². The highest BCUT2D eigenvalue weighted by Gasteiger charge is 2.37. The number of aliphatic hydroxyl groups is 1. The largest absolute Gasteiger partial charge is 0.469 e. The van der Waals surface area contributed by atoms with Crippen LogP contribution in [0.4, 0.5) is 5.69 Å². The van der Waals surface area contributed by atoms with Crippen LogP contribution >= 0.6 is 11.6 Å². The maximum atomic E-state index is 13.0. The van der Waals surface area contributed by atoms with E-state index in [0.717, 1.165) is 27.7 Å². The van der Waals surface area contributed by atoms with Crippen LogP contribution in [0, 0.1) is 13.8 Å². The summed E-state index contributed by atoms with van der Waals surface area (Å²) in [6.07, 6.45) is 1.48. The van der Waals surface area contributed by atoms with Crippen LogP contribution in [-0.2, 0) is 32.5 Å². The molecule has 1 aliphatic rings. The Bertz CT molecular complexity index is 1350. The third-order valence-corrected chi connectivity index (χ3v) is 7.80. The third kappa shape index (κ3) is 4.00. The highest BCUT2D eigenvalue weighted by atomic mass is 35.5. The Labute approximate surface area is 198 Å². The quantitative estimate of drug-likeness (QED) is 0.530. The number of ether oxygens (including phenoxy) is 1. The molecule has 0 saturated carbocycles. The Morgan fingerprint density at radius 1 is 1.24 bits per heavy atom. The standard InChI is InChI=1S/C24H27ClN2O5S/c1-14-11-20-22(16-5-7-17(25)8-6-16)19(12-21(29)32-3)15(2)23-24(20)26(14)13-18(9-10-28)27(23)33(4,30)31/h5-8,11,18,28H,9-10,12-13H2,1-4H3/t18-/m0/s1. The molecule has 0 radical (unpaired) electrons. The lowest BCUT2D eigenvalue weighted by Gasteiger charge is -2.39. The zero-order chi connectivity index (χ0) is 24.1. The summed E-state index contributed by atoms with van der Waals surface area (Å²) < 4.78 is 34.5. The van der Waals surface area contributed by atoms with Crippen molar-refractivity contribution in [2.45, 2.75) is 39.3 Å². The fraction of sp³-hybridized carbons (Fsp3) is 0.375. The lowest BCUT2D eigenvalue weighted by Crippen LogP contribution is -2.46. The summed E-state index contributed by atoms with van der Waals surface area (Å²) >= 11 is 6.12. The molecule has 1 N–H and O–H groups in total. The van der Waals surface area contributed by atoms with Gasteiger partial charge in [-0.2, -0.15) is 0 Å². The number of benzene rings is 2. The number of aryl methyl sites for hydroxylation is 1. The van der Waals surface area contributed by atoms with E-state index in [-0.39, 0.29) is 13.0 Å². The Hall–Kier alpha value is -2.55. The molecule has 0 bridgehead atoms. The van der Waals surface area contributed by atoms with Crippen molar-refractivity contribution in [3.8, 4) is 11.1 Å². The van der Waals surface area contributed by atoms with Gasteiger partial charge in [0, 0.05) is 29.3 Å². The number of sulfonamides is 1. The SMILES string of the molecule is COC(=O)Cc1c(C)c2c3c(cc(C)n3C[C@H](CCO)N2S(C)(=O)=O)c1-c1ccc(Cl)cc1. The van der Waals surface area contributed by atoms with Crippen LogP contribution in [0.25, 0.3) is 22.0 Å². The minimum absolute atomic E-state index is 0.00424. The number of hydrogen-bond donors (Lipinski definition) is 1. The molecule has 1 aromatic heterocycles. The van der Waals surface area contributed by atoms with Crippen LogP contribution in [0.3, 0.4) is 0 Å². The van der Waals surface area contributed by atoms with E-state index < -0.39 is 22.0 Å². The van der Waals surface area contributed by atoms with Gasteiger partial charge in [-0.05, 0) is 60.7 Å². The predicted octanol–water partition coefficient (Wildman–Crippen LogP) is 3.82. The van der Waals surface area contributed by atoms with E-state index in [1.165, 1.54) is 17.7 Å². The molecule has 4 rings (SSSR count). The van der Waals surface area contributed by atoms with E-state index in [9.17, 15) is 18.3 Å². The summed E-state index contributed by atoms with van der Waals surface area (Å²) in [5.74, 6) is -0.412. The molecule has 176 valence electrons. The molecule has 0 unspecified atom stereocenters. The number of aromatic nitrogens is 1. The van der Waals surface area contributed by atoms with Gasteiger partial charge < -0.3 is 14.4 Å². The minimum Gasteiger partial charge on any atom is -0.469 e. The van der Waals surface area contributed by atoms with Crippen LogP contribution in [-0.4, -0.2) is 50.1 Å². The second-order valence-electron chi connectivity index (χ2n) is 8.47. The second-order valence-corrected chi connectivity index (χ2v) is 10.8. The molecule has 0 aliphatic carbocycles. The fourth-order valence-corrected chi connectivity index (χ4v) is 6.34. The van der Waals surface area contributed by atoms with Crippen LogP contribution in [0.15, 0.2) is 30.3 Å². The van der Waals surface area contributed by atoms with E-state index >= 15 is 0 Å². The van der Waals surface area contributed by atoms with Gasteiger partial charge in [-0.3, -0.25) is 9.10 Å². The summed E-state index contributed by atoms with van der Waals surface area (Å²) in [5.41, 5.74) is 5.50. The van der Waals surface area contributed by atoms with E-state index in [2.05, 4.69) is 4.57 Å². The maximum absolute atomic E-state index is 13.0. The number of halogens is 1. The summed E-state index contributed by atoms with van der Waals surface area (Å²) in [6, 6.07) is 8.99. The number of aliphatic hydroxyl groups excluding tert-OH is 1. The van der Waals surface area contributed by atoms with Crippen LogP contribution in [0.2, 0.25) is 5.02 Å². The molecule has 7 nitrogen and oxygen atoms in total. The van der Waals surface area contributed by atoms with Crippen molar-refractivity contribution in [3.63, 3.8) is 0 Å². The highest BCUT2D eigenvalue weighted by Crippen LogP contribution is 2.47. The summed E-state index contributed by atoms with van der Waals surface area (Å²) in [7, 11) is -2.32. The number of anilines is 1. The van der Waals surface area contributed by atoms with Crippen molar-refractivity contribution in [3.05, 3.63) is 52.2 Å². The number of nitrogens with zero attached hydrogens (tertiary/aromatic N) is 2. The van der Waals surface area contributed by atoms with Crippen molar-refractivity contribution >= 4 is 44.2 Å². The molecule has 1 aliphatic heterocycles. The van der Waals surface area contributed by atoms with Gasteiger partial charge in [-0.15, -0.1) is 0 Å². The Kier molecular flexibility index (Phi) is 6.20. The molecular formula is C24H27ClN2O5S. The number of esters is 1. The molecule has 9 heteroatoms. The molecule has 3 aromatic rings. The zero-order valence-electron chi connectivity index (χ0n) is 19.1. The van der Waals surface area contributed by atoms with Crippen LogP contribution in [0.5, 0.6) is 0 Å². The van der Waals surface area contributed by atoms with Crippen molar-refractivity contribution in [2.24, 2.45) is 0 Å². The van der Waals surface area contributed by atoms with Gasteiger partial charge in [0.2, 0.25) is 10.0 Å². The second kappa shape index (κ2) is 8.66. The third-order valence-electron chi connectivity index (χ3n) is 6.35. The lowest BCUT2D eigenvalue weighted by molar-refractivity contribution is -0.139. The van der Waals surface area contributed by atoms with E-state index in [1.807, 2.05) is 32.0 Å². The van der Waals surface area contributed by atoms with Gasteiger partial charge in [0.1, 0.15) is 0 Å². The van der Waals surface area contributed by atoms with E-state index in [4.69, 9.17) is 16.3 Å². The average Bonchev–Trinajstić information content (AvgIpc) is 3.08. The molecule has 2 aromatic carbocycles. The van der Waals surface area contributed by atoms with Crippen molar-refractivity contribution < 1.29 is 23.1 Å². The van der Waals surface area contributed by atoms with Gasteiger partial charge in [-0.1, -0.05) is 23.7 Å². The molecule has 2 heterocycles. The first-order valence-electron chi connectivity index (χ1n) is 10.7. The summed E-state index contributed by atoms with van der Waals surface area (Å²) in [4.78, 5) is 12.4. The lowest BCUT2D eigenvalue weighted by atomic mass is 9.88. The average molecular weight is 491 g/mol. The smallest absolute Gasteiger partial charge is 0.310 e. The number of hydrogen-bond acceptors (Lipinski definition) is 5. The number of rotatable bonds is 6. The highest BCUT2D eigenvalue weighted by molar-refractivity contribution is 7.92. The van der Waals surface area contributed by atoms with Crippen molar-refractivity contribution in [2.75, 3.05) is 24.3 Å². The predicted molar refractivity (Wildman–Crippen MR) is 130 cm³/mol. The first-order chi connectivity index (χ1) is 15.6. The van der Waals surface area contributed by atoms with Gasteiger partial charge in [0.15, 0.2) is 0 Å². The van der Waals surface area contributed by atoms with Crippen LogP contribution < -0.4 is 4.31 Å². The number of carbonyl (C=O) groups excluding carboxylic acids is 1. The molecule has 0 spiro atoms. The molecule has 1 atom stereocenters. The Morgan fingerprint density at radius 2 is 1.91 bits per heavy atom. The fourth-order valence-electron chi connectivity index (χ4n) is 4.94. The Morgan fingerprint density at radius 3 is 2.48 bits per heavy atom. The van der Waals surface area contributed by atoms with Gasteiger partial charge >= 0.3 is 5.97 Å². The van der Waals surface area contributed by atoms with Crippen molar-refractivity contribution in [1.29, 1.82) is 0 Å². The number of methoxy groups -OCH3 is 1. The first kappa shape index (κ1) is 23.6. The zero-order valence-corrected chi connectivity index (χ0v) is 20.6.